The van der Waals surface area contributed by atoms with Gasteiger partial charge in [0.25, 0.3) is 0 Å². The Labute approximate surface area is 109 Å². The van der Waals surface area contributed by atoms with E-state index in [0.29, 0.717) is 0 Å². The molecule has 2 fully saturated rings. The molecule has 0 heteroatoms. The highest BCUT2D eigenvalue weighted by Gasteiger charge is 2.25. The summed E-state index contributed by atoms with van der Waals surface area (Å²) in [7, 11) is 0. The number of rotatable bonds is 4. The van der Waals surface area contributed by atoms with Gasteiger partial charge in [-0.05, 0) is 24.2 Å². The van der Waals surface area contributed by atoms with Crippen LogP contribution in [0, 0.1) is 17.8 Å². The number of hydrogen-bond donors (Lipinski definition) is 0. The average Bonchev–Trinajstić information content (AvgIpc) is 2.65. The quantitative estimate of drug-likeness (QED) is 0.529. The highest BCUT2D eigenvalue weighted by atomic mass is 14.3. The molecule has 0 aromatic heterocycles. The van der Waals surface area contributed by atoms with Crippen LogP contribution in [-0.2, 0) is 0 Å². The van der Waals surface area contributed by atoms with Crippen molar-refractivity contribution in [2.45, 2.75) is 90.4 Å². The van der Waals surface area contributed by atoms with Crippen molar-refractivity contribution in [2.75, 3.05) is 0 Å². The van der Waals surface area contributed by atoms with Gasteiger partial charge in [-0.15, -0.1) is 0 Å². The minimum absolute atomic E-state index is 1.07. The molecule has 1 unspecified atom stereocenters. The van der Waals surface area contributed by atoms with Gasteiger partial charge in [-0.1, -0.05) is 84.0 Å². The van der Waals surface area contributed by atoms with E-state index in [-0.39, 0.29) is 0 Å². The second-order valence-corrected chi connectivity index (χ2v) is 6.66. The second-order valence-electron chi connectivity index (χ2n) is 6.66. The smallest absolute Gasteiger partial charge is 0.0386 e. The van der Waals surface area contributed by atoms with Crippen LogP contribution in [0.2, 0.25) is 0 Å². The zero-order valence-electron chi connectivity index (χ0n) is 11.9. The Balaban J connectivity index is 1.80. The monoisotopic (exact) mass is 236 g/mol. The topological polar surface area (TPSA) is 0 Å². The van der Waals surface area contributed by atoms with E-state index in [0.717, 1.165) is 17.8 Å². The molecule has 2 aliphatic carbocycles. The van der Waals surface area contributed by atoms with Crippen molar-refractivity contribution >= 4 is 0 Å². The van der Waals surface area contributed by atoms with Crippen LogP contribution in [0.25, 0.3) is 0 Å². The maximum Gasteiger partial charge on any atom is -0.0386 e. The van der Waals surface area contributed by atoms with Gasteiger partial charge in [0.1, 0.15) is 0 Å². The Morgan fingerprint density at radius 3 is 1.88 bits per heavy atom. The van der Waals surface area contributed by atoms with Crippen LogP contribution in [0.1, 0.15) is 90.4 Å². The molecule has 0 N–H and O–H groups in total. The molecule has 17 heavy (non-hydrogen) atoms. The van der Waals surface area contributed by atoms with Gasteiger partial charge in [0.05, 0.1) is 0 Å². The molecule has 2 saturated carbocycles. The predicted molar refractivity (Wildman–Crippen MR) is 76.2 cm³/mol. The summed E-state index contributed by atoms with van der Waals surface area (Å²) >= 11 is 0. The lowest BCUT2D eigenvalue weighted by Gasteiger charge is -2.32. The molecule has 0 heterocycles. The highest BCUT2D eigenvalue weighted by molar-refractivity contribution is 4.77. The van der Waals surface area contributed by atoms with Gasteiger partial charge in [0.2, 0.25) is 0 Å². The molecular formula is C17H32. The lowest BCUT2D eigenvalue weighted by Crippen LogP contribution is -2.20. The molecule has 0 aliphatic heterocycles. The van der Waals surface area contributed by atoms with Gasteiger partial charge in [-0.2, -0.15) is 0 Å². The van der Waals surface area contributed by atoms with Crippen LogP contribution >= 0.6 is 0 Å². The number of hydrogen-bond acceptors (Lipinski definition) is 0. The van der Waals surface area contributed by atoms with Gasteiger partial charge >= 0.3 is 0 Å². The molecular weight excluding hydrogens is 204 g/mol. The normalized spacial score (nSPS) is 26.6. The Morgan fingerprint density at radius 2 is 1.29 bits per heavy atom. The fourth-order valence-corrected chi connectivity index (χ4v) is 4.33. The summed E-state index contributed by atoms with van der Waals surface area (Å²) in [4.78, 5) is 0. The Hall–Kier alpha value is 0. The fraction of sp³-hybridized carbons (Fsp3) is 1.00. The zero-order chi connectivity index (χ0) is 11.9. The molecule has 0 bridgehead atoms. The van der Waals surface area contributed by atoms with E-state index in [1.807, 2.05) is 0 Å². The first-order valence-electron chi connectivity index (χ1n) is 8.40. The second kappa shape index (κ2) is 7.44. The first kappa shape index (κ1) is 13.4. The van der Waals surface area contributed by atoms with Crippen LogP contribution in [0.4, 0.5) is 0 Å². The summed E-state index contributed by atoms with van der Waals surface area (Å²) in [6.45, 7) is 2.44. The molecule has 0 spiro atoms. The molecule has 2 aliphatic rings. The third kappa shape index (κ3) is 4.30. The van der Waals surface area contributed by atoms with Gasteiger partial charge < -0.3 is 0 Å². The molecule has 0 nitrogen and oxygen atoms in total. The average molecular weight is 236 g/mol. The minimum atomic E-state index is 1.07. The predicted octanol–water partition coefficient (Wildman–Crippen LogP) is 5.95. The molecule has 0 saturated heterocycles. The Morgan fingerprint density at radius 1 is 0.765 bits per heavy atom. The first-order chi connectivity index (χ1) is 8.40. The molecule has 0 amide bonds. The van der Waals surface area contributed by atoms with Crippen LogP contribution in [0.3, 0.4) is 0 Å². The Bertz CT molecular complexity index is 182. The van der Waals surface area contributed by atoms with E-state index in [9.17, 15) is 0 Å². The maximum atomic E-state index is 2.44. The largest absolute Gasteiger partial charge is 0.0651 e. The molecule has 0 aromatic carbocycles. The molecule has 0 aromatic rings. The lowest BCUT2D eigenvalue weighted by molar-refractivity contribution is 0.197. The zero-order valence-corrected chi connectivity index (χ0v) is 11.9. The standard InChI is InChI=1S/C17H32/c1-2-16(17-12-8-5-9-13-17)14-15-10-6-3-4-7-11-15/h15-17H,2-14H2,1H3. The van der Waals surface area contributed by atoms with E-state index in [1.54, 1.807) is 32.1 Å². The minimum Gasteiger partial charge on any atom is -0.0651 e. The van der Waals surface area contributed by atoms with E-state index < -0.39 is 0 Å². The summed E-state index contributed by atoms with van der Waals surface area (Å²) in [6.07, 6.45) is 19.8. The van der Waals surface area contributed by atoms with Crippen molar-refractivity contribution in [3.63, 3.8) is 0 Å². The summed E-state index contributed by atoms with van der Waals surface area (Å²) in [5.74, 6) is 3.25. The van der Waals surface area contributed by atoms with Crippen molar-refractivity contribution in [3.05, 3.63) is 0 Å². The summed E-state index contributed by atoms with van der Waals surface area (Å²) in [5, 5.41) is 0. The van der Waals surface area contributed by atoms with E-state index in [2.05, 4.69) is 6.92 Å². The summed E-state index contributed by atoms with van der Waals surface area (Å²) in [5.41, 5.74) is 0. The third-order valence-electron chi connectivity index (χ3n) is 5.45. The molecule has 100 valence electrons. The van der Waals surface area contributed by atoms with Gasteiger partial charge in [0, 0.05) is 0 Å². The van der Waals surface area contributed by atoms with Crippen molar-refractivity contribution in [1.29, 1.82) is 0 Å². The summed E-state index contributed by atoms with van der Waals surface area (Å²) < 4.78 is 0. The summed E-state index contributed by atoms with van der Waals surface area (Å²) in [6, 6.07) is 0. The van der Waals surface area contributed by atoms with Crippen LogP contribution in [-0.4, -0.2) is 0 Å². The molecule has 0 radical (unpaired) electrons. The van der Waals surface area contributed by atoms with Gasteiger partial charge in [-0.25, -0.2) is 0 Å². The van der Waals surface area contributed by atoms with Crippen molar-refractivity contribution < 1.29 is 0 Å². The molecule has 1 atom stereocenters. The Kier molecular flexibility index (Phi) is 5.88. The first-order valence-corrected chi connectivity index (χ1v) is 8.40. The van der Waals surface area contributed by atoms with Crippen LogP contribution in [0.5, 0.6) is 0 Å². The maximum absolute atomic E-state index is 2.44. The van der Waals surface area contributed by atoms with Gasteiger partial charge in [-0.3, -0.25) is 0 Å². The van der Waals surface area contributed by atoms with E-state index >= 15 is 0 Å². The lowest BCUT2D eigenvalue weighted by atomic mass is 9.74. The van der Waals surface area contributed by atoms with E-state index in [1.165, 1.54) is 51.4 Å². The van der Waals surface area contributed by atoms with E-state index in [4.69, 9.17) is 0 Å². The van der Waals surface area contributed by atoms with Crippen LogP contribution < -0.4 is 0 Å². The SMILES string of the molecule is CCC(CC1CCCCCC1)C1CCCCC1. The van der Waals surface area contributed by atoms with Crippen LogP contribution in [0.15, 0.2) is 0 Å². The third-order valence-corrected chi connectivity index (χ3v) is 5.45. The van der Waals surface area contributed by atoms with Gasteiger partial charge in [0.15, 0.2) is 0 Å². The molecule has 2 rings (SSSR count). The van der Waals surface area contributed by atoms with Crippen molar-refractivity contribution in [3.8, 4) is 0 Å². The van der Waals surface area contributed by atoms with Crippen molar-refractivity contribution in [1.82, 2.24) is 0 Å². The highest BCUT2D eigenvalue weighted by Crippen LogP contribution is 2.38. The fourth-order valence-electron chi connectivity index (χ4n) is 4.33. The van der Waals surface area contributed by atoms with Crippen molar-refractivity contribution in [2.24, 2.45) is 17.8 Å².